The smallest absolute Gasteiger partial charge is 0.735 e. The summed E-state index contributed by atoms with van der Waals surface area (Å²) in [5, 5.41) is 0. The van der Waals surface area contributed by atoms with Crippen molar-refractivity contribution in [1.82, 2.24) is 4.72 Å². The summed E-state index contributed by atoms with van der Waals surface area (Å²) >= 11 is 0. The molecular weight excluding hydrogens is 173 g/mol. The van der Waals surface area contributed by atoms with Crippen molar-refractivity contribution in [3.63, 3.8) is 0 Å². The van der Waals surface area contributed by atoms with E-state index >= 15 is 0 Å². The van der Waals surface area contributed by atoms with Gasteiger partial charge in [-0.05, 0) is 19.3 Å². The fraction of sp³-hybridized carbons (Fsp3) is 0.667. The van der Waals surface area contributed by atoms with Crippen LogP contribution in [0.3, 0.4) is 0 Å². The Morgan fingerprint density at radius 1 is 1.50 bits per heavy atom. The molecule has 1 aliphatic rings. The second-order valence-corrected chi connectivity index (χ2v) is 3.68. The van der Waals surface area contributed by atoms with Gasteiger partial charge in [-0.3, -0.25) is 0 Å². The van der Waals surface area contributed by atoms with Crippen LogP contribution < -0.4 is 23.6 Å². The normalized spacial score (nSPS) is 23.2. The minimum absolute atomic E-state index is 0. The van der Waals surface area contributed by atoms with Gasteiger partial charge in [0, 0.05) is 6.04 Å². The van der Waals surface area contributed by atoms with E-state index in [1.54, 1.807) is 6.08 Å². The molecule has 6 heteroatoms. The van der Waals surface area contributed by atoms with Gasteiger partial charge in [-0.1, -0.05) is 12.2 Å². The molecule has 0 amide bonds. The maximum absolute atomic E-state index is 10.2. The zero-order valence-corrected chi connectivity index (χ0v) is 7.80. The van der Waals surface area contributed by atoms with Gasteiger partial charge in [0.1, 0.15) is 0 Å². The minimum atomic E-state index is -4.27. The summed E-state index contributed by atoms with van der Waals surface area (Å²) in [5.41, 5.74) is 0. The zero-order valence-electron chi connectivity index (χ0n) is 6.99. The Labute approximate surface area is 84.5 Å². The third-order valence-electron chi connectivity index (χ3n) is 1.55. The molecule has 1 N–H and O–H groups in total. The molecule has 0 saturated heterocycles. The molecule has 1 unspecified atom stereocenters. The summed E-state index contributed by atoms with van der Waals surface area (Å²) in [6.07, 6.45) is 6.23. The molecule has 0 aliphatic heterocycles. The summed E-state index contributed by atoms with van der Waals surface area (Å²) in [7, 11) is -4.27. The predicted molar refractivity (Wildman–Crippen MR) is 39.6 cm³/mol. The molecule has 1 atom stereocenters. The molecule has 0 fully saturated rings. The van der Waals surface area contributed by atoms with Gasteiger partial charge in [0.25, 0.3) is 0 Å². The van der Waals surface area contributed by atoms with Crippen molar-refractivity contribution in [2.75, 3.05) is 0 Å². The van der Waals surface area contributed by atoms with E-state index in [0.29, 0.717) is 0 Å². The van der Waals surface area contributed by atoms with Gasteiger partial charge in [0.05, 0.1) is 0 Å². The molecule has 64 valence electrons. The Balaban J connectivity index is 0.00000121. The Kier molecular flexibility index (Phi) is 5.14. The molecule has 0 saturated carbocycles. The Bertz CT molecular complexity index is 250. The zero-order chi connectivity index (χ0) is 8.32. The van der Waals surface area contributed by atoms with Crippen LogP contribution in [0.25, 0.3) is 0 Å². The summed E-state index contributed by atoms with van der Waals surface area (Å²) in [6, 6.07) is -0.286. The van der Waals surface area contributed by atoms with Crippen LogP contribution in [0.2, 0.25) is 0 Å². The Hall–Kier alpha value is 0.207. The van der Waals surface area contributed by atoms with Crippen molar-refractivity contribution in [3.8, 4) is 0 Å². The number of nitrogens with one attached hydrogen (secondary N) is 1. The largest absolute Gasteiger partial charge is 1.00 e. The molecule has 0 bridgehead atoms. The van der Waals surface area contributed by atoms with E-state index in [1.807, 2.05) is 10.8 Å². The third-order valence-corrected chi connectivity index (χ3v) is 2.14. The molecular formula is C6H10LiNO3S. The molecule has 0 radical (unpaired) electrons. The van der Waals surface area contributed by atoms with Crippen molar-refractivity contribution in [3.05, 3.63) is 12.2 Å². The Morgan fingerprint density at radius 3 is 2.58 bits per heavy atom. The van der Waals surface area contributed by atoms with Crippen molar-refractivity contribution in [2.45, 2.75) is 25.3 Å². The molecule has 0 spiro atoms. The summed E-state index contributed by atoms with van der Waals surface area (Å²) in [5.74, 6) is 0. The second kappa shape index (κ2) is 5.05. The van der Waals surface area contributed by atoms with E-state index in [4.69, 9.17) is 0 Å². The molecule has 0 aromatic rings. The quantitative estimate of drug-likeness (QED) is 0.284. The molecule has 0 aromatic heterocycles. The molecule has 1 rings (SSSR count). The van der Waals surface area contributed by atoms with E-state index in [0.717, 1.165) is 19.3 Å². The molecule has 4 nitrogen and oxygen atoms in total. The van der Waals surface area contributed by atoms with Crippen LogP contribution in [0.4, 0.5) is 0 Å². The van der Waals surface area contributed by atoms with Crippen LogP contribution in [0.5, 0.6) is 0 Å². The number of allylic oxidation sites excluding steroid dienone is 1. The molecule has 12 heavy (non-hydrogen) atoms. The van der Waals surface area contributed by atoms with E-state index in [2.05, 4.69) is 0 Å². The van der Waals surface area contributed by atoms with Gasteiger partial charge in [-0.2, -0.15) is 0 Å². The van der Waals surface area contributed by atoms with Gasteiger partial charge >= 0.3 is 18.9 Å². The minimum Gasteiger partial charge on any atom is -0.735 e. The van der Waals surface area contributed by atoms with Crippen molar-refractivity contribution in [2.24, 2.45) is 0 Å². The fourth-order valence-electron chi connectivity index (χ4n) is 1.10. The maximum Gasteiger partial charge on any atom is 1.00 e. The summed E-state index contributed by atoms with van der Waals surface area (Å²) < 4.78 is 32.6. The first kappa shape index (κ1) is 12.2. The van der Waals surface area contributed by atoms with E-state index in [9.17, 15) is 13.0 Å². The van der Waals surface area contributed by atoms with Gasteiger partial charge in [0.15, 0.2) is 10.3 Å². The number of hydrogen-bond acceptors (Lipinski definition) is 3. The monoisotopic (exact) mass is 183 g/mol. The predicted octanol–water partition coefficient (Wildman–Crippen LogP) is -2.85. The number of hydrogen-bond donors (Lipinski definition) is 1. The van der Waals surface area contributed by atoms with Crippen LogP contribution in [0.1, 0.15) is 19.3 Å². The van der Waals surface area contributed by atoms with Crippen LogP contribution in [-0.2, 0) is 10.3 Å². The average molecular weight is 183 g/mol. The number of rotatable bonds is 2. The van der Waals surface area contributed by atoms with E-state index < -0.39 is 10.3 Å². The first-order chi connectivity index (χ1) is 5.08. The molecule has 0 heterocycles. The van der Waals surface area contributed by atoms with E-state index in [1.165, 1.54) is 0 Å². The van der Waals surface area contributed by atoms with Crippen LogP contribution >= 0.6 is 0 Å². The Morgan fingerprint density at radius 2 is 2.17 bits per heavy atom. The van der Waals surface area contributed by atoms with Crippen LogP contribution in [0.15, 0.2) is 12.2 Å². The summed E-state index contributed by atoms with van der Waals surface area (Å²) in [4.78, 5) is 0. The molecule has 0 aromatic carbocycles. The van der Waals surface area contributed by atoms with Crippen molar-refractivity contribution >= 4 is 10.3 Å². The topological polar surface area (TPSA) is 69.2 Å². The van der Waals surface area contributed by atoms with Gasteiger partial charge in [-0.25, -0.2) is 13.1 Å². The molecule has 1 aliphatic carbocycles. The first-order valence-electron chi connectivity index (χ1n) is 3.48. The van der Waals surface area contributed by atoms with Crippen molar-refractivity contribution in [1.29, 1.82) is 0 Å². The fourth-order valence-corrected chi connectivity index (χ4v) is 1.66. The SMILES string of the molecule is O=S(=O)([O-])NC1C=CCCC1.[Li+]. The van der Waals surface area contributed by atoms with Gasteiger partial charge in [-0.15, -0.1) is 0 Å². The standard InChI is InChI=1S/C6H11NO3S.Li/c8-11(9,10)7-6-4-2-1-3-5-6;/h2,4,6-7H,1,3,5H2,(H,8,9,10);/q;+1/p-1. The van der Waals surface area contributed by atoms with Gasteiger partial charge < -0.3 is 4.55 Å². The van der Waals surface area contributed by atoms with E-state index in [-0.39, 0.29) is 24.9 Å². The van der Waals surface area contributed by atoms with Crippen LogP contribution in [-0.4, -0.2) is 19.0 Å². The first-order valence-corrected chi connectivity index (χ1v) is 4.88. The summed E-state index contributed by atoms with van der Waals surface area (Å²) in [6.45, 7) is 0. The second-order valence-electron chi connectivity index (χ2n) is 2.54. The average Bonchev–Trinajstić information content (AvgIpc) is 1.85. The third kappa shape index (κ3) is 4.96. The van der Waals surface area contributed by atoms with Gasteiger partial charge in [0.2, 0.25) is 0 Å². The van der Waals surface area contributed by atoms with Crippen LogP contribution in [0, 0.1) is 0 Å². The van der Waals surface area contributed by atoms with Crippen molar-refractivity contribution < 1.29 is 31.8 Å². The maximum atomic E-state index is 10.2.